The number of para-hydroxylation sites is 1. The van der Waals surface area contributed by atoms with Crippen molar-refractivity contribution in [2.75, 3.05) is 20.3 Å². The zero-order valence-electron chi connectivity index (χ0n) is 17.3. The number of hydrogen-bond acceptors (Lipinski definition) is 3. The Bertz CT molecular complexity index is 1050. The Morgan fingerprint density at radius 1 is 1.17 bits per heavy atom. The van der Waals surface area contributed by atoms with E-state index in [0.29, 0.717) is 24.0 Å². The topological polar surface area (TPSA) is 42.3 Å². The van der Waals surface area contributed by atoms with E-state index in [4.69, 9.17) is 17.0 Å². The van der Waals surface area contributed by atoms with Gasteiger partial charge in [0.1, 0.15) is 5.82 Å². The molecule has 0 spiro atoms. The maximum atomic E-state index is 14.6. The molecule has 1 saturated heterocycles. The van der Waals surface area contributed by atoms with E-state index in [-0.39, 0.29) is 17.9 Å². The molecule has 4 rings (SSSR count). The molecular weight excluding hydrogens is 399 g/mol. The molecule has 1 N–H and O–H groups in total. The van der Waals surface area contributed by atoms with Gasteiger partial charge in [0.05, 0.1) is 30.1 Å². The van der Waals surface area contributed by atoms with Crippen LogP contribution in [0.15, 0.2) is 54.7 Å². The number of halogens is 1. The quantitative estimate of drug-likeness (QED) is 0.600. The summed E-state index contributed by atoms with van der Waals surface area (Å²) in [4.78, 5) is 6.71. The van der Waals surface area contributed by atoms with Gasteiger partial charge in [0.15, 0.2) is 5.11 Å². The van der Waals surface area contributed by atoms with Gasteiger partial charge in [-0.3, -0.25) is 4.98 Å². The predicted octanol–water partition coefficient (Wildman–Crippen LogP) is 4.25. The molecule has 0 radical (unpaired) electrons. The molecule has 0 aliphatic carbocycles. The Morgan fingerprint density at radius 3 is 2.63 bits per heavy atom. The van der Waals surface area contributed by atoms with Gasteiger partial charge in [0.2, 0.25) is 0 Å². The van der Waals surface area contributed by atoms with Crippen LogP contribution in [0.1, 0.15) is 34.7 Å². The molecular formula is C23H25FN4OS. The van der Waals surface area contributed by atoms with Crippen molar-refractivity contribution in [2.45, 2.75) is 25.9 Å². The summed E-state index contributed by atoms with van der Waals surface area (Å²) in [6.45, 7) is 5.23. The number of aryl methyl sites for hydroxylation is 1. The molecule has 3 heterocycles. The first kappa shape index (κ1) is 20.5. The second-order valence-corrected chi connectivity index (χ2v) is 7.81. The van der Waals surface area contributed by atoms with Gasteiger partial charge in [-0.15, -0.1) is 0 Å². The number of ether oxygens (including phenoxy) is 1. The van der Waals surface area contributed by atoms with Crippen LogP contribution in [-0.4, -0.2) is 39.8 Å². The Morgan fingerprint density at radius 2 is 1.93 bits per heavy atom. The lowest BCUT2D eigenvalue weighted by Crippen LogP contribution is -2.32. The van der Waals surface area contributed by atoms with E-state index in [1.807, 2.05) is 42.7 Å². The molecule has 0 saturated carbocycles. The van der Waals surface area contributed by atoms with Gasteiger partial charge in [-0.05, 0) is 62.0 Å². The van der Waals surface area contributed by atoms with Gasteiger partial charge < -0.3 is 19.5 Å². The summed E-state index contributed by atoms with van der Waals surface area (Å²) >= 11 is 5.67. The van der Waals surface area contributed by atoms with Crippen LogP contribution in [0, 0.1) is 19.7 Å². The summed E-state index contributed by atoms with van der Waals surface area (Å²) < 4.78 is 21.9. The van der Waals surface area contributed by atoms with Crippen LogP contribution in [-0.2, 0) is 4.74 Å². The first-order valence-electron chi connectivity index (χ1n) is 9.93. The minimum atomic E-state index is -0.247. The highest BCUT2D eigenvalue weighted by Crippen LogP contribution is 2.41. The molecule has 2 atom stereocenters. The van der Waals surface area contributed by atoms with Crippen molar-refractivity contribution in [1.29, 1.82) is 0 Å². The Kier molecular flexibility index (Phi) is 5.83. The van der Waals surface area contributed by atoms with Crippen LogP contribution in [0.3, 0.4) is 0 Å². The third kappa shape index (κ3) is 3.59. The van der Waals surface area contributed by atoms with Crippen molar-refractivity contribution in [3.8, 4) is 5.69 Å². The number of benzene rings is 1. The maximum Gasteiger partial charge on any atom is 0.170 e. The molecule has 1 aliphatic rings. The van der Waals surface area contributed by atoms with E-state index < -0.39 is 0 Å². The highest BCUT2D eigenvalue weighted by molar-refractivity contribution is 7.80. The van der Waals surface area contributed by atoms with Crippen molar-refractivity contribution in [2.24, 2.45) is 0 Å². The summed E-state index contributed by atoms with van der Waals surface area (Å²) in [6.07, 6.45) is 1.79. The Labute approximate surface area is 181 Å². The number of methoxy groups -OCH3 is 1. The summed E-state index contributed by atoms with van der Waals surface area (Å²) in [5, 5.41) is 4.11. The maximum absolute atomic E-state index is 14.6. The molecule has 1 aliphatic heterocycles. The molecule has 0 amide bonds. The standard InChI is InChI=1S/C23H25FN4OS/c1-15-14-17(16(2)28(15)20-10-5-4-8-18(20)24)22-21(19-9-6-7-11-25-19)26-23(30)27(22)12-13-29-3/h4-11,14,21-22H,12-13H2,1-3H3,(H,26,30)/t21-,22-/m0/s1. The average molecular weight is 425 g/mol. The molecule has 5 nitrogen and oxygen atoms in total. The molecule has 156 valence electrons. The SMILES string of the molecule is COCCN1C(=S)N[C@@H](c2ccccn2)[C@@H]1c1cc(C)n(-c2ccccc2F)c1C. The molecule has 30 heavy (non-hydrogen) atoms. The largest absolute Gasteiger partial charge is 0.383 e. The Balaban J connectivity index is 1.83. The number of thiocarbonyl (C=S) groups is 1. The van der Waals surface area contributed by atoms with Crippen LogP contribution in [0.4, 0.5) is 4.39 Å². The summed E-state index contributed by atoms with van der Waals surface area (Å²) in [7, 11) is 1.68. The fraction of sp³-hybridized carbons (Fsp3) is 0.304. The summed E-state index contributed by atoms with van der Waals surface area (Å²) in [6, 6.07) is 14.7. The molecule has 3 aromatic rings. The molecule has 1 fully saturated rings. The summed E-state index contributed by atoms with van der Waals surface area (Å²) in [5.41, 5.74) is 4.51. The Hall–Kier alpha value is -2.77. The smallest absolute Gasteiger partial charge is 0.170 e. The van der Waals surface area contributed by atoms with Crippen LogP contribution < -0.4 is 5.32 Å². The van der Waals surface area contributed by atoms with Crippen LogP contribution in [0.25, 0.3) is 5.69 Å². The van der Waals surface area contributed by atoms with E-state index in [1.54, 1.807) is 25.4 Å². The lowest BCUT2D eigenvalue weighted by molar-refractivity contribution is 0.164. The number of nitrogens with zero attached hydrogens (tertiary/aromatic N) is 3. The number of rotatable bonds is 6. The van der Waals surface area contributed by atoms with Crippen molar-refractivity contribution >= 4 is 17.3 Å². The third-order valence-corrected chi connectivity index (χ3v) is 5.97. The first-order valence-corrected chi connectivity index (χ1v) is 10.3. The van der Waals surface area contributed by atoms with Crippen molar-refractivity contribution in [3.63, 3.8) is 0 Å². The lowest BCUT2D eigenvalue weighted by atomic mass is 9.97. The zero-order chi connectivity index (χ0) is 21.3. The number of aromatic nitrogens is 2. The van der Waals surface area contributed by atoms with Crippen LogP contribution >= 0.6 is 12.2 Å². The van der Waals surface area contributed by atoms with E-state index in [2.05, 4.69) is 21.3 Å². The predicted molar refractivity (Wildman–Crippen MR) is 119 cm³/mol. The van der Waals surface area contributed by atoms with Gasteiger partial charge in [0, 0.05) is 31.2 Å². The fourth-order valence-electron chi connectivity index (χ4n) is 4.27. The minimum Gasteiger partial charge on any atom is -0.383 e. The van der Waals surface area contributed by atoms with E-state index in [9.17, 15) is 4.39 Å². The van der Waals surface area contributed by atoms with Crippen LogP contribution in [0.5, 0.6) is 0 Å². The van der Waals surface area contributed by atoms with Gasteiger partial charge in [-0.1, -0.05) is 18.2 Å². The minimum absolute atomic E-state index is 0.0747. The van der Waals surface area contributed by atoms with Gasteiger partial charge in [-0.25, -0.2) is 4.39 Å². The summed E-state index contributed by atoms with van der Waals surface area (Å²) in [5.74, 6) is -0.247. The number of hydrogen-bond donors (Lipinski definition) is 1. The van der Waals surface area contributed by atoms with E-state index >= 15 is 0 Å². The van der Waals surface area contributed by atoms with Gasteiger partial charge >= 0.3 is 0 Å². The number of nitrogens with one attached hydrogen (secondary N) is 1. The second-order valence-electron chi connectivity index (χ2n) is 7.43. The zero-order valence-corrected chi connectivity index (χ0v) is 18.1. The van der Waals surface area contributed by atoms with Gasteiger partial charge in [-0.2, -0.15) is 0 Å². The van der Waals surface area contributed by atoms with Crippen molar-refractivity contribution in [3.05, 3.63) is 83.2 Å². The second kappa shape index (κ2) is 8.53. The van der Waals surface area contributed by atoms with E-state index in [0.717, 1.165) is 22.6 Å². The lowest BCUT2D eigenvalue weighted by Gasteiger charge is -2.28. The van der Waals surface area contributed by atoms with E-state index in [1.165, 1.54) is 6.07 Å². The van der Waals surface area contributed by atoms with Crippen molar-refractivity contribution < 1.29 is 9.13 Å². The monoisotopic (exact) mass is 424 g/mol. The molecule has 7 heteroatoms. The van der Waals surface area contributed by atoms with Crippen molar-refractivity contribution in [1.82, 2.24) is 19.8 Å². The molecule has 2 aromatic heterocycles. The normalized spacial score (nSPS) is 18.7. The number of pyridine rings is 1. The van der Waals surface area contributed by atoms with Gasteiger partial charge in [0.25, 0.3) is 0 Å². The average Bonchev–Trinajstić information content (AvgIpc) is 3.23. The highest BCUT2D eigenvalue weighted by Gasteiger charge is 2.41. The molecule has 0 unspecified atom stereocenters. The van der Waals surface area contributed by atoms with Crippen LogP contribution in [0.2, 0.25) is 0 Å². The first-order chi connectivity index (χ1) is 14.5. The molecule has 1 aromatic carbocycles. The third-order valence-electron chi connectivity index (χ3n) is 5.62. The highest BCUT2D eigenvalue weighted by atomic mass is 32.1. The molecule has 0 bridgehead atoms. The fourth-order valence-corrected chi connectivity index (χ4v) is 4.60.